The van der Waals surface area contributed by atoms with E-state index in [1.54, 1.807) is 24.3 Å². The van der Waals surface area contributed by atoms with Crippen LogP contribution in [-0.4, -0.2) is 24.3 Å². The Labute approximate surface area is 126 Å². The summed E-state index contributed by atoms with van der Waals surface area (Å²) in [6.07, 6.45) is 0.855. The number of carbonyl (C=O) groups is 2. The lowest BCUT2D eigenvalue weighted by Crippen LogP contribution is -2.41. The summed E-state index contributed by atoms with van der Waals surface area (Å²) in [6, 6.07) is 6.64. The number of amides is 1. The first-order valence-electron chi connectivity index (χ1n) is 6.56. The lowest BCUT2D eigenvalue weighted by molar-refractivity contribution is 0.0932. The number of nitrogens with one attached hydrogen (secondary N) is 1. The van der Waals surface area contributed by atoms with Crippen molar-refractivity contribution in [3.63, 3.8) is 0 Å². The fraction of sp³-hybridized carbons (Fsp3) is 0.467. The van der Waals surface area contributed by atoms with E-state index in [-0.39, 0.29) is 30.1 Å². The number of Topliss-reactive ketones (excluding diaryl/α,β-unsaturated/α-hetero) is 1. The summed E-state index contributed by atoms with van der Waals surface area (Å²) < 4.78 is 0. The van der Waals surface area contributed by atoms with Gasteiger partial charge in [0.15, 0.2) is 5.78 Å². The molecule has 1 rings (SSSR count). The zero-order chi connectivity index (χ0) is 14.4. The Balaban J connectivity index is 0.00000361. The summed E-state index contributed by atoms with van der Waals surface area (Å²) in [6.45, 7) is 6.12. The van der Waals surface area contributed by atoms with Crippen LogP contribution in [0.2, 0.25) is 0 Å². The van der Waals surface area contributed by atoms with Crippen molar-refractivity contribution in [3.8, 4) is 0 Å². The Morgan fingerprint density at radius 1 is 1.15 bits per heavy atom. The molecule has 0 aromatic heterocycles. The molecule has 1 aromatic carbocycles. The van der Waals surface area contributed by atoms with Gasteiger partial charge in [-0.05, 0) is 31.4 Å². The molecule has 0 bridgehead atoms. The molecule has 0 radical (unpaired) electrons. The van der Waals surface area contributed by atoms with Crippen molar-refractivity contribution in [1.29, 1.82) is 0 Å². The number of halogens is 1. The second-order valence-electron chi connectivity index (χ2n) is 5.17. The Morgan fingerprint density at radius 2 is 1.65 bits per heavy atom. The van der Waals surface area contributed by atoms with Crippen LogP contribution in [-0.2, 0) is 0 Å². The molecule has 1 aromatic rings. The normalized spacial score (nSPS) is 11.7. The maximum absolute atomic E-state index is 12.0. The highest BCUT2D eigenvalue weighted by Crippen LogP contribution is 2.08. The monoisotopic (exact) mass is 298 g/mol. The Bertz CT molecular complexity index is 444. The van der Waals surface area contributed by atoms with Crippen LogP contribution in [0.25, 0.3) is 0 Å². The predicted molar refractivity (Wildman–Crippen MR) is 83.5 cm³/mol. The van der Waals surface area contributed by atoms with Crippen LogP contribution in [0.3, 0.4) is 0 Å². The summed E-state index contributed by atoms with van der Waals surface area (Å²) in [5.41, 5.74) is 6.81. The molecule has 3 N–H and O–H groups in total. The minimum absolute atomic E-state index is 0. The van der Waals surface area contributed by atoms with E-state index < -0.39 is 0 Å². The van der Waals surface area contributed by atoms with Gasteiger partial charge in [0.05, 0.1) is 0 Å². The molecule has 0 spiro atoms. The van der Waals surface area contributed by atoms with Gasteiger partial charge in [0.1, 0.15) is 0 Å². The van der Waals surface area contributed by atoms with Crippen molar-refractivity contribution < 1.29 is 9.59 Å². The van der Waals surface area contributed by atoms with E-state index in [1.807, 2.05) is 0 Å². The first-order chi connectivity index (χ1) is 8.93. The fourth-order valence-corrected chi connectivity index (χ4v) is 1.91. The number of nitrogens with two attached hydrogens (primary N) is 1. The standard InChI is InChI=1S/C15H22N2O2.ClH/c1-10(2)8-14(9-16)17-15(19)13-6-4-12(5-7-13)11(3)18;/h4-7,10,14H,8-9,16H2,1-3H3,(H,17,19);1H. The van der Waals surface area contributed by atoms with E-state index >= 15 is 0 Å². The molecule has 0 aliphatic carbocycles. The first kappa shape index (κ1) is 18.6. The van der Waals surface area contributed by atoms with E-state index in [0.29, 0.717) is 23.6 Å². The average molecular weight is 299 g/mol. The van der Waals surface area contributed by atoms with Crippen LogP contribution in [0, 0.1) is 5.92 Å². The van der Waals surface area contributed by atoms with Gasteiger partial charge in [-0.15, -0.1) is 12.4 Å². The van der Waals surface area contributed by atoms with Gasteiger partial charge in [-0.2, -0.15) is 0 Å². The van der Waals surface area contributed by atoms with Crippen LogP contribution in [0.4, 0.5) is 0 Å². The third-order valence-electron chi connectivity index (χ3n) is 2.93. The first-order valence-corrected chi connectivity index (χ1v) is 6.56. The van der Waals surface area contributed by atoms with Gasteiger partial charge >= 0.3 is 0 Å². The zero-order valence-electron chi connectivity index (χ0n) is 12.2. The molecule has 4 nitrogen and oxygen atoms in total. The van der Waals surface area contributed by atoms with E-state index in [2.05, 4.69) is 19.2 Å². The minimum Gasteiger partial charge on any atom is -0.348 e. The van der Waals surface area contributed by atoms with Gasteiger partial charge in [0.25, 0.3) is 5.91 Å². The zero-order valence-corrected chi connectivity index (χ0v) is 13.0. The van der Waals surface area contributed by atoms with Crippen LogP contribution in [0.15, 0.2) is 24.3 Å². The molecule has 0 heterocycles. The van der Waals surface area contributed by atoms with Crippen molar-refractivity contribution in [2.24, 2.45) is 11.7 Å². The van der Waals surface area contributed by atoms with Gasteiger partial charge in [-0.1, -0.05) is 26.0 Å². The molecule has 1 unspecified atom stereocenters. The van der Waals surface area contributed by atoms with Gasteiger partial charge in [0, 0.05) is 23.7 Å². The molecule has 0 aliphatic heterocycles. The molecule has 0 fully saturated rings. The van der Waals surface area contributed by atoms with Gasteiger partial charge in [0.2, 0.25) is 0 Å². The molecule has 20 heavy (non-hydrogen) atoms. The Kier molecular flexibility index (Phi) is 8.11. The topological polar surface area (TPSA) is 72.2 Å². The van der Waals surface area contributed by atoms with Gasteiger partial charge < -0.3 is 11.1 Å². The summed E-state index contributed by atoms with van der Waals surface area (Å²) >= 11 is 0. The predicted octanol–water partition coefficient (Wildman–Crippen LogP) is 2.41. The van der Waals surface area contributed by atoms with Crippen molar-refractivity contribution in [1.82, 2.24) is 5.32 Å². The molecule has 112 valence electrons. The summed E-state index contributed by atoms with van der Waals surface area (Å²) in [5, 5.41) is 2.91. The van der Waals surface area contributed by atoms with E-state index in [4.69, 9.17) is 5.73 Å². The SMILES string of the molecule is CC(=O)c1ccc(C(=O)NC(CN)CC(C)C)cc1.Cl. The number of ketones is 1. The highest BCUT2D eigenvalue weighted by atomic mass is 35.5. The third-order valence-corrected chi connectivity index (χ3v) is 2.93. The van der Waals surface area contributed by atoms with Crippen LogP contribution in [0.5, 0.6) is 0 Å². The molecule has 1 atom stereocenters. The average Bonchev–Trinajstić information content (AvgIpc) is 2.37. The van der Waals surface area contributed by atoms with Crippen LogP contribution >= 0.6 is 12.4 Å². The molecule has 1 amide bonds. The van der Waals surface area contributed by atoms with Gasteiger partial charge in [-0.25, -0.2) is 0 Å². The van der Waals surface area contributed by atoms with Crippen molar-refractivity contribution >= 4 is 24.1 Å². The smallest absolute Gasteiger partial charge is 0.251 e. The maximum Gasteiger partial charge on any atom is 0.251 e. The molecular formula is C15H23ClN2O2. The minimum atomic E-state index is -0.147. The summed E-state index contributed by atoms with van der Waals surface area (Å²) in [5.74, 6) is 0.326. The summed E-state index contributed by atoms with van der Waals surface area (Å²) in [4.78, 5) is 23.2. The van der Waals surface area contributed by atoms with Crippen molar-refractivity contribution in [2.75, 3.05) is 6.54 Å². The number of benzene rings is 1. The molecule has 5 heteroatoms. The highest BCUT2D eigenvalue weighted by molar-refractivity contribution is 5.97. The molecular weight excluding hydrogens is 276 g/mol. The van der Waals surface area contributed by atoms with Crippen LogP contribution < -0.4 is 11.1 Å². The number of rotatable bonds is 6. The number of hydrogen-bond donors (Lipinski definition) is 2. The van der Waals surface area contributed by atoms with E-state index in [9.17, 15) is 9.59 Å². The maximum atomic E-state index is 12.0. The summed E-state index contributed by atoms with van der Waals surface area (Å²) in [7, 11) is 0. The fourth-order valence-electron chi connectivity index (χ4n) is 1.91. The lowest BCUT2D eigenvalue weighted by Gasteiger charge is -2.18. The molecule has 0 saturated heterocycles. The number of hydrogen-bond acceptors (Lipinski definition) is 3. The quantitative estimate of drug-likeness (QED) is 0.792. The van der Waals surface area contributed by atoms with Gasteiger partial charge in [-0.3, -0.25) is 9.59 Å². The molecule has 0 aliphatic rings. The Hall–Kier alpha value is -1.39. The van der Waals surface area contributed by atoms with E-state index in [1.165, 1.54) is 6.92 Å². The second-order valence-corrected chi connectivity index (χ2v) is 5.17. The van der Waals surface area contributed by atoms with E-state index in [0.717, 1.165) is 6.42 Å². The largest absolute Gasteiger partial charge is 0.348 e. The lowest BCUT2D eigenvalue weighted by atomic mass is 10.0. The molecule has 0 saturated carbocycles. The Morgan fingerprint density at radius 3 is 2.05 bits per heavy atom. The van der Waals surface area contributed by atoms with Crippen molar-refractivity contribution in [3.05, 3.63) is 35.4 Å². The highest BCUT2D eigenvalue weighted by Gasteiger charge is 2.13. The van der Waals surface area contributed by atoms with Crippen molar-refractivity contribution in [2.45, 2.75) is 33.2 Å². The second kappa shape index (κ2) is 8.72. The van der Waals surface area contributed by atoms with Crippen LogP contribution in [0.1, 0.15) is 47.9 Å². The number of carbonyl (C=O) groups excluding carboxylic acids is 2. The third kappa shape index (κ3) is 5.72.